The van der Waals surface area contributed by atoms with Crippen LogP contribution in [0.5, 0.6) is 0 Å². The van der Waals surface area contributed by atoms with Crippen molar-refractivity contribution in [2.45, 2.75) is 51.7 Å². The van der Waals surface area contributed by atoms with Crippen molar-refractivity contribution in [3.8, 4) is 0 Å². The number of hydrogen-bond acceptors (Lipinski definition) is 4. The van der Waals surface area contributed by atoms with Gasteiger partial charge in [0.15, 0.2) is 5.82 Å². The highest BCUT2D eigenvalue weighted by Crippen LogP contribution is 2.40. The molecule has 4 heteroatoms. The maximum atomic E-state index is 9.25. The van der Waals surface area contributed by atoms with Gasteiger partial charge in [-0.2, -0.15) is 0 Å². The average Bonchev–Trinajstić information content (AvgIpc) is 2.39. The van der Waals surface area contributed by atoms with Crippen molar-refractivity contribution in [1.29, 1.82) is 0 Å². The zero-order valence-corrected chi connectivity index (χ0v) is 11.4. The van der Waals surface area contributed by atoms with Crippen LogP contribution in [0.2, 0.25) is 0 Å². The molecule has 1 saturated carbocycles. The summed E-state index contributed by atoms with van der Waals surface area (Å²) in [5.74, 6) is 1.48. The van der Waals surface area contributed by atoms with E-state index in [0.29, 0.717) is 5.69 Å². The molecule has 0 saturated heterocycles. The fourth-order valence-electron chi connectivity index (χ4n) is 2.67. The van der Waals surface area contributed by atoms with E-state index in [1.54, 1.807) is 7.11 Å². The highest BCUT2D eigenvalue weighted by atomic mass is 16.5. The van der Waals surface area contributed by atoms with Gasteiger partial charge in [-0.05, 0) is 44.6 Å². The quantitative estimate of drug-likeness (QED) is 0.894. The molecular formula is C14H22N2O2. The van der Waals surface area contributed by atoms with Crippen molar-refractivity contribution >= 4 is 0 Å². The number of aliphatic hydroxyl groups excluding tert-OH is 1. The highest BCUT2D eigenvalue weighted by Gasteiger charge is 2.38. The summed E-state index contributed by atoms with van der Waals surface area (Å²) in [5, 5.41) is 9.25. The standard InChI is InChI=1S/C14H22N2O2/c1-10-4-6-14(18-3,7-5-10)13-15-11(2)8-12(9-17)16-13/h8,10,17H,4-7,9H2,1-3H3. The molecule has 2 rings (SSSR count). The molecule has 1 aliphatic carbocycles. The molecule has 1 heterocycles. The number of aromatic nitrogens is 2. The molecular weight excluding hydrogens is 228 g/mol. The van der Waals surface area contributed by atoms with Crippen LogP contribution in [-0.4, -0.2) is 22.2 Å². The van der Waals surface area contributed by atoms with Crippen molar-refractivity contribution in [1.82, 2.24) is 9.97 Å². The van der Waals surface area contributed by atoms with Crippen molar-refractivity contribution in [2.24, 2.45) is 5.92 Å². The summed E-state index contributed by atoms with van der Waals surface area (Å²) in [6, 6.07) is 1.82. The van der Waals surface area contributed by atoms with Crippen LogP contribution in [-0.2, 0) is 16.9 Å². The minimum atomic E-state index is -0.359. The fraction of sp³-hybridized carbons (Fsp3) is 0.714. The maximum absolute atomic E-state index is 9.25. The van der Waals surface area contributed by atoms with Crippen LogP contribution < -0.4 is 0 Å². The van der Waals surface area contributed by atoms with Gasteiger partial charge < -0.3 is 9.84 Å². The van der Waals surface area contributed by atoms with E-state index in [9.17, 15) is 5.11 Å². The van der Waals surface area contributed by atoms with Crippen molar-refractivity contribution in [3.63, 3.8) is 0 Å². The molecule has 0 amide bonds. The van der Waals surface area contributed by atoms with E-state index in [4.69, 9.17) is 4.74 Å². The van der Waals surface area contributed by atoms with Gasteiger partial charge in [-0.25, -0.2) is 9.97 Å². The molecule has 1 N–H and O–H groups in total. The van der Waals surface area contributed by atoms with Crippen LogP contribution in [0.25, 0.3) is 0 Å². The maximum Gasteiger partial charge on any atom is 0.160 e. The van der Waals surface area contributed by atoms with E-state index >= 15 is 0 Å². The molecule has 0 bridgehead atoms. The predicted octanol–water partition coefficient (Wildman–Crippen LogP) is 2.33. The second-order valence-electron chi connectivity index (χ2n) is 5.36. The molecule has 0 unspecified atom stereocenters. The van der Waals surface area contributed by atoms with Crippen molar-refractivity contribution < 1.29 is 9.84 Å². The number of methoxy groups -OCH3 is 1. The average molecular weight is 250 g/mol. The van der Waals surface area contributed by atoms with Gasteiger partial charge in [0.25, 0.3) is 0 Å². The van der Waals surface area contributed by atoms with E-state index in [0.717, 1.165) is 43.1 Å². The van der Waals surface area contributed by atoms with Crippen LogP contribution in [0.15, 0.2) is 6.07 Å². The summed E-state index contributed by atoms with van der Waals surface area (Å²) in [5.41, 5.74) is 1.20. The first-order valence-corrected chi connectivity index (χ1v) is 6.60. The first kappa shape index (κ1) is 13.4. The highest BCUT2D eigenvalue weighted by molar-refractivity contribution is 5.14. The summed E-state index contributed by atoms with van der Waals surface area (Å²) >= 11 is 0. The second-order valence-corrected chi connectivity index (χ2v) is 5.36. The van der Waals surface area contributed by atoms with Crippen molar-refractivity contribution in [3.05, 3.63) is 23.3 Å². The fourth-order valence-corrected chi connectivity index (χ4v) is 2.67. The summed E-state index contributed by atoms with van der Waals surface area (Å²) in [4.78, 5) is 8.98. The Bertz CT molecular complexity index is 412. The first-order chi connectivity index (χ1) is 8.59. The SMILES string of the molecule is COC1(c2nc(C)cc(CO)n2)CCC(C)CC1. The Morgan fingerprint density at radius 2 is 2.06 bits per heavy atom. The molecule has 0 aromatic carbocycles. The van der Waals surface area contributed by atoms with Crippen LogP contribution in [0.4, 0.5) is 0 Å². The third-order valence-electron chi connectivity index (χ3n) is 3.95. The smallest absolute Gasteiger partial charge is 0.160 e. The summed E-state index contributed by atoms with van der Waals surface area (Å²) < 4.78 is 5.76. The Balaban J connectivity index is 2.35. The number of nitrogens with zero attached hydrogens (tertiary/aromatic N) is 2. The number of rotatable bonds is 3. The Hall–Kier alpha value is -1.00. The van der Waals surface area contributed by atoms with Crippen molar-refractivity contribution in [2.75, 3.05) is 7.11 Å². The predicted molar refractivity (Wildman–Crippen MR) is 69.0 cm³/mol. The Morgan fingerprint density at radius 1 is 1.39 bits per heavy atom. The van der Waals surface area contributed by atoms with E-state index in [1.165, 1.54) is 0 Å². The zero-order valence-electron chi connectivity index (χ0n) is 11.4. The van der Waals surface area contributed by atoms with Gasteiger partial charge in [0, 0.05) is 12.8 Å². The van der Waals surface area contributed by atoms with Gasteiger partial charge >= 0.3 is 0 Å². The molecule has 4 nitrogen and oxygen atoms in total. The van der Waals surface area contributed by atoms with Crippen LogP contribution >= 0.6 is 0 Å². The van der Waals surface area contributed by atoms with E-state index in [2.05, 4.69) is 16.9 Å². The molecule has 18 heavy (non-hydrogen) atoms. The van der Waals surface area contributed by atoms with Gasteiger partial charge in [0.05, 0.1) is 12.3 Å². The first-order valence-electron chi connectivity index (χ1n) is 6.60. The topological polar surface area (TPSA) is 55.2 Å². The zero-order chi connectivity index (χ0) is 13.2. The third-order valence-corrected chi connectivity index (χ3v) is 3.95. The Kier molecular flexibility index (Phi) is 3.97. The lowest BCUT2D eigenvalue weighted by atomic mass is 9.79. The summed E-state index contributed by atoms with van der Waals surface area (Å²) in [7, 11) is 1.74. The van der Waals surface area contributed by atoms with Gasteiger partial charge in [0.2, 0.25) is 0 Å². The molecule has 0 aliphatic heterocycles. The molecule has 1 aromatic heterocycles. The number of ether oxygens (including phenoxy) is 1. The largest absolute Gasteiger partial charge is 0.390 e. The molecule has 1 aromatic rings. The van der Waals surface area contributed by atoms with E-state index in [1.807, 2.05) is 13.0 Å². The minimum absolute atomic E-state index is 0.0491. The lowest BCUT2D eigenvalue weighted by Gasteiger charge is -2.37. The number of aliphatic hydroxyl groups is 1. The van der Waals surface area contributed by atoms with Gasteiger partial charge in [0.1, 0.15) is 5.60 Å². The number of hydrogen-bond donors (Lipinski definition) is 1. The lowest BCUT2D eigenvalue weighted by Crippen LogP contribution is -2.35. The van der Waals surface area contributed by atoms with Crippen LogP contribution in [0, 0.1) is 12.8 Å². The van der Waals surface area contributed by atoms with E-state index in [-0.39, 0.29) is 12.2 Å². The molecule has 100 valence electrons. The summed E-state index contributed by atoms with van der Waals surface area (Å²) in [6.07, 6.45) is 4.19. The molecule has 1 fully saturated rings. The molecule has 0 spiro atoms. The third kappa shape index (κ3) is 2.54. The monoisotopic (exact) mass is 250 g/mol. The molecule has 1 aliphatic rings. The summed E-state index contributed by atoms with van der Waals surface area (Å²) in [6.45, 7) is 4.15. The Morgan fingerprint density at radius 3 is 2.61 bits per heavy atom. The lowest BCUT2D eigenvalue weighted by molar-refractivity contribution is -0.0601. The van der Waals surface area contributed by atoms with E-state index < -0.39 is 0 Å². The molecule has 0 atom stereocenters. The minimum Gasteiger partial charge on any atom is -0.390 e. The molecule has 0 radical (unpaired) electrons. The van der Waals surface area contributed by atoms with Gasteiger partial charge in [-0.1, -0.05) is 6.92 Å². The van der Waals surface area contributed by atoms with Gasteiger partial charge in [-0.3, -0.25) is 0 Å². The second kappa shape index (κ2) is 5.33. The number of aryl methyl sites for hydroxylation is 1. The van der Waals surface area contributed by atoms with Gasteiger partial charge in [-0.15, -0.1) is 0 Å². The van der Waals surface area contributed by atoms with Crippen LogP contribution in [0.3, 0.4) is 0 Å². The van der Waals surface area contributed by atoms with Crippen LogP contribution in [0.1, 0.15) is 49.8 Å². The Labute approximate surface area is 108 Å². The normalized spacial score (nSPS) is 28.3.